The molecule has 0 spiro atoms. The lowest BCUT2D eigenvalue weighted by Gasteiger charge is -2.20. The van der Waals surface area contributed by atoms with E-state index in [2.05, 4.69) is 5.32 Å². The Morgan fingerprint density at radius 2 is 1.53 bits per heavy atom. The van der Waals surface area contributed by atoms with Gasteiger partial charge in [-0.25, -0.2) is 4.39 Å². The highest BCUT2D eigenvalue weighted by atomic mass is 19.1. The van der Waals surface area contributed by atoms with E-state index in [1.165, 1.54) is 0 Å². The number of aliphatic carboxylic acids is 1. The molecule has 1 amide bonds. The van der Waals surface area contributed by atoms with Crippen LogP contribution in [0, 0.1) is 5.92 Å². The number of rotatable bonds is 10. The summed E-state index contributed by atoms with van der Waals surface area (Å²) < 4.78 is 14.4. The summed E-state index contributed by atoms with van der Waals surface area (Å²) in [6, 6.07) is 13.5. The third-order valence-corrected chi connectivity index (χ3v) is 5.47. The van der Waals surface area contributed by atoms with Crippen molar-refractivity contribution in [2.75, 3.05) is 6.67 Å². The van der Waals surface area contributed by atoms with Gasteiger partial charge in [-0.3, -0.25) is 23.7 Å². The van der Waals surface area contributed by atoms with E-state index in [1.807, 2.05) is 55.5 Å². The number of Topliss-reactive ketones (excluding diaryl/α,β-unsaturated/α-hetero) is 1. The average Bonchev–Trinajstić information content (AvgIpc) is 3.12. The van der Waals surface area contributed by atoms with Crippen LogP contribution in [0.3, 0.4) is 0 Å². The Bertz CT molecular complexity index is 1120. The Kier molecular flexibility index (Phi) is 7.35. The minimum absolute atomic E-state index is 0.133. The van der Waals surface area contributed by atoms with Crippen LogP contribution in [0.2, 0.25) is 0 Å². The molecule has 2 N–H and O–H groups in total. The summed E-state index contributed by atoms with van der Waals surface area (Å²) in [4.78, 5) is 48.9. The third-order valence-electron chi connectivity index (χ3n) is 5.47. The van der Waals surface area contributed by atoms with Gasteiger partial charge in [0.25, 0.3) is 0 Å². The van der Waals surface area contributed by atoms with E-state index in [0.29, 0.717) is 12.8 Å². The Hall–Kier alpha value is -3.55. The molecular formula is C24H25FN2O5. The minimum atomic E-state index is -1.47. The first-order valence-corrected chi connectivity index (χ1v) is 10.5. The van der Waals surface area contributed by atoms with Crippen molar-refractivity contribution in [2.24, 2.45) is 5.92 Å². The normalized spacial score (nSPS) is 13.1. The second kappa shape index (κ2) is 10.2. The number of carbonyl (C=O) groups excluding carboxylic acids is 3. The Morgan fingerprint density at radius 3 is 2.03 bits per heavy atom. The first kappa shape index (κ1) is 23.1. The summed E-state index contributed by atoms with van der Waals surface area (Å²) in [6.07, 6.45) is 0.109. The molecule has 1 aromatic heterocycles. The number of nitrogens with zero attached hydrogens (tertiary/aromatic N) is 1. The lowest BCUT2D eigenvalue weighted by Crippen LogP contribution is -2.46. The van der Waals surface area contributed by atoms with Gasteiger partial charge in [-0.2, -0.15) is 0 Å². The molecule has 1 unspecified atom stereocenters. The number of ketones is 1. The highest BCUT2D eigenvalue weighted by molar-refractivity contribution is 6.13. The third kappa shape index (κ3) is 4.85. The number of nitrogens with one attached hydrogen (secondary N) is 1. The second-order valence-corrected chi connectivity index (χ2v) is 7.71. The molecule has 1 heterocycles. The van der Waals surface area contributed by atoms with Crippen molar-refractivity contribution in [3.63, 3.8) is 0 Å². The quantitative estimate of drug-likeness (QED) is 0.500. The second-order valence-electron chi connectivity index (χ2n) is 7.71. The molecular weight excluding hydrogens is 415 g/mol. The fourth-order valence-corrected chi connectivity index (χ4v) is 3.97. The van der Waals surface area contributed by atoms with Crippen molar-refractivity contribution in [3.8, 4) is 0 Å². The van der Waals surface area contributed by atoms with Gasteiger partial charge in [-0.1, -0.05) is 49.7 Å². The number of hydrogen-bond donors (Lipinski definition) is 2. The number of para-hydroxylation sites is 2. The summed E-state index contributed by atoms with van der Waals surface area (Å²) in [5.41, 5.74) is 1.46. The number of aromatic nitrogens is 1. The van der Waals surface area contributed by atoms with Crippen LogP contribution >= 0.6 is 0 Å². The number of halogens is 1. The summed E-state index contributed by atoms with van der Waals surface area (Å²) in [5, 5.41) is 13.1. The molecule has 32 heavy (non-hydrogen) atoms. The number of carbonyl (C=O) groups is 4. The van der Waals surface area contributed by atoms with Crippen LogP contribution < -0.4 is 5.32 Å². The molecule has 0 saturated heterocycles. The van der Waals surface area contributed by atoms with Crippen LogP contribution in [0.25, 0.3) is 21.8 Å². The average molecular weight is 440 g/mol. The minimum Gasteiger partial charge on any atom is -0.481 e. The lowest BCUT2D eigenvalue weighted by molar-refractivity contribution is -0.140. The molecule has 2 aromatic carbocycles. The monoisotopic (exact) mass is 440 g/mol. The molecule has 0 saturated carbocycles. The van der Waals surface area contributed by atoms with Crippen LogP contribution in [-0.2, 0) is 14.4 Å². The number of benzene rings is 2. The molecule has 2 atom stereocenters. The molecule has 0 aliphatic rings. The van der Waals surface area contributed by atoms with Crippen molar-refractivity contribution in [1.29, 1.82) is 0 Å². The zero-order valence-corrected chi connectivity index (χ0v) is 17.7. The van der Waals surface area contributed by atoms with Gasteiger partial charge in [0.15, 0.2) is 5.78 Å². The number of amides is 1. The van der Waals surface area contributed by atoms with Crippen molar-refractivity contribution in [2.45, 2.75) is 38.6 Å². The lowest BCUT2D eigenvalue weighted by atomic mass is 9.97. The molecule has 7 nitrogen and oxygen atoms in total. The Morgan fingerprint density at radius 1 is 0.969 bits per heavy atom. The maximum absolute atomic E-state index is 13.3. The van der Waals surface area contributed by atoms with E-state index in [0.717, 1.165) is 21.8 Å². The number of alkyl halides is 1. The maximum Gasteiger partial charge on any atom is 0.305 e. The van der Waals surface area contributed by atoms with Crippen LogP contribution in [-0.4, -0.2) is 46.0 Å². The predicted octanol–water partition coefficient (Wildman–Crippen LogP) is 3.74. The van der Waals surface area contributed by atoms with Gasteiger partial charge in [0.2, 0.25) is 11.8 Å². The van der Waals surface area contributed by atoms with Crippen molar-refractivity contribution >= 4 is 45.4 Å². The van der Waals surface area contributed by atoms with Crippen LogP contribution in [0.1, 0.15) is 37.4 Å². The molecule has 0 bridgehead atoms. The Balaban J connectivity index is 1.89. The first-order valence-electron chi connectivity index (χ1n) is 10.5. The number of fused-ring (bicyclic) bond motifs is 3. The van der Waals surface area contributed by atoms with Gasteiger partial charge < -0.3 is 10.4 Å². The molecule has 0 radical (unpaired) electrons. The maximum atomic E-state index is 13.3. The fourth-order valence-electron chi connectivity index (χ4n) is 3.97. The molecule has 0 aliphatic carbocycles. The van der Waals surface area contributed by atoms with E-state index in [9.17, 15) is 23.6 Å². The van der Waals surface area contributed by atoms with Gasteiger partial charge in [0.1, 0.15) is 12.7 Å². The SMILES string of the molecule is CCC[C@H](CC(=O)n1c2ccccc2c2ccccc21)C(=O)NC(CC(=O)O)C(=O)CF. The van der Waals surface area contributed by atoms with E-state index >= 15 is 0 Å². The van der Waals surface area contributed by atoms with Crippen LogP contribution in [0.15, 0.2) is 48.5 Å². The largest absolute Gasteiger partial charge is 0.481 e. The molecule has 168 valence electrons. The number of hydrogen-bond acceptors (Lipinski definition) is 4. The van der Waals surface area contributed by atoms with Crippen LogP contribution in [0.5, 0.6) is 0 Å². The Labute approximate surface area is 184 Å². The zero-order valence-electron chi connectivity index (χ0n) is 17.7. The van der Waals surface area contributed by atoms with E-state index in [-0.39, 0.29) is 12.3 Å². The van der Waals surface area contributed by atoms with Crippen molar-refractivity contribution in [1.82, 2.24) is 9.88 Å². The smallest absolute Gasteiger partial charge is 0.305 e. The molecule has 3 aromatic rings. The van der Waals surface area contributed by atoms with E-state index in [1.54, 1.807) is 4.57 Å². The standard InChI is InChI=1S/C24H25FN2O5/c1-2-7-15(24(32)26-18(13-23(30)31)21(28)14-25)12-22(29)27-19-10-5-3-8-16(19)17-9-4-6-11-20(17)27/h3-6,8-11,15,18H,2,7,12-14H2,1H3,(H,26,32)(H,30,31)/t15-,18?/m1/s1. The molecule has 3 rings (SSSR count). The predicted molar refractivity (Wildman–Crippen MR) is 118 cm³/mol. The number of carboxylic acids is 1. The zero-order chi connectivity index (χ0) is 23.3. The topological polar surface area (TPSA) is 105 Å². The first-order chi connectivity index (χ1) is 15.4. The van der Waals surface area contributed by atoms with Crippen molar-refractivity contribution < 1.29 is 28.7 Å². The van der Waals surface area contributed by atoms with Crippen LogP contribution in [0.4, 0.5) is 4.39 Å². The number of carboxylic acid groups (broad SMARTS) is 1. The fraction of sp³-hybridized carbons (Fsp3) is 0.333. The van der Waals surface area contributed by atoms with Gasteiger partial charge >= 0.3 is 5.97 Å². The van der Waals surface area contributed by atoms with E-state index in [4.69, 9.17) is 5.11 Å². The van der Waals surface area contributed by atoms with Gasteiger partial charge in [0, 0.05) is 23.1 Å². The van der Waals surface area contributed by atoms with Gasteiger partial charge in [0.05, 0.1) is 17.5 Å². The van der Waals surface area contributed by atoms with Crippen molar-refractivity contribution in [3.05, 3.63) is 48.5 Å². The summed E-state index contributed by atoms with van der Waals surface area (Å²) in [5.74, 6) is -4.04. The van der Waals surface area contributed by atoms with E-state index < -0.39 is 42.7 Å². The summed E-state index contributed by atoms with van der Waals surface area (Å²) in [7, 11) is 0. The summed E-state index contributed by atoms with van der Waals surface area (Å²) in [6.45, 7) is 0.476. The molecule has 0 aliphatic heterocycles. The highest BCUT2D eigenvalue weighted by Gasteiger charge is 2.29. The van der Waals surface area contributed by atoms with Gasteiger partial charge in [-0.05, 0) is 18.6 Å². The molecule has 0 fully saturated rings. The summed E-state index contributed by atoms with van der Waals surface area (Å²) >= 11 is 0. The highest BCUT2D eigenvalue weighted by Crippen LogP contribution is 2.29. The van der Waals surface area contributed by atoms with Gasteiger partial charge in [-0.15, -0.1) is 0 Å². The molecule has 8 heteroatoms.